The minimum atomic E-state index is -0.976. The molecule has 0 radical (unpaired) electrons. The van der Waals surface area contributed by atoms with E-state index in [2.05, 4.69) is 11.2 Å². The van der Waals surface area contributed by atoms with Gasteiger partial charge in [-0.05, 0) is 42.2 Å². The molecule has 0 fully saturated rings. The van der Waals surface area contributed by atoms with Crippen molar-refractivity contribution in [3.8, 4) is 5.69 Å². The van der Waals surface area contributed by atoms with Crippen molar-refractivity contribution in [1.29, 1.82) is 0 Å². The van der Waals surface area contributed by atoms with Gasteiger partial charge in [-0.3, -0.25) is 0 Å². The highest BCUT2D eigenvalue weighted by molar-refractivity contribution is 7.98. The molecule has 0 saturated heterocycles. The fourth-order valence-corrected chi connectivity index (χ4v) is 2.97. The third kappa shape index (κ3) is 2.40. The monoisotopic (exact) mass is 298 g/mol. The fourth-order valence-electron chi connectivity index (χ4n) is 2.37. The van der Waals surface area contributed by atoms with Crippen LogP contribution in [0, 0.1) is 6.92 Å². The van der Waals surface area contributed by atoms with Crippen LogP contribution >= 0.6 is 11.8 Å². The first-order chi connectivity index (χ1) is 10.1. The van der Waals surface area contributed by atoms with Crippen LogP contribution in [0.15, 0.2) is 47.4 Å². The Labute approximate surface area is 126 Å². The number of aromatic nitrogens is 2. The van der Waals surface area contributed by atoms with Crippen molar-refractivity contribution in [2.75, 3.05) is 6.26 Å². The van der Waals surface area contributed by atoms with E-state index in [1.165, 1.54) is 4.68 Å². The zero-order valence-electron chi connectivity index (χ0n) is 11.7. The van der Waals surface area contributed by atoms with Crippen LogP contribution in [-0.2, 0) is 0 Å². The zero-order valence-corrected chi connectivity index (χ0v) is 12.5. The van der Waals surface area contributed by atoms with Crippen LogP contribution in [0.1, 0.15) is 16.2 Å². The van der Waals surface area contributed by atoms with Crippen LogP contribution in [0.2, 0.25) is 0 Å². The van der Waals surface area contributed by atoms with Gasteiger partial charge in [-0.15, -0.1) is 11.8 Å². The van der Waals surface area contributed by atoms with E-state index in [0.717, 1.165) is 21.4 Å². The van der Waals surface area contributed by atoms with Gasteiger partial charge < -0.3 is 5.11 Å². The second-order valence-corrected chi connectivity index (χ2v) is 5.61. The van der Waals surface area contributed by atoms with E-state index >= 15 is 0 Å². The quantitative estimate of drug-likeness (QED) is 0.748. The number of aromatic carboxylic acids is 1. The number of thioether (sulfide) groups is 1. The van der Waals surface area contributed by atoms with Gasteiger partial charge in [0.15, 0.2) is 5.69 Å². The summed E-state index contributed by atoms with van der Waals surface area (Å²) >= 11 is 1.58. The van der Waals surface area contributed by atoms with Crippen LogP contribution < -0.4 is 0 Å². The molecule has 0 aliphatic carbocycles. The van der Waals surface area contributed by atoms with E-state index in [4.69, 9.17) is 0 Å². The lowest BCUT2D eigenvalue weighted by atomic mass is 10.1. The summed E-state index contributed by atoms with van der Waals surface area (Å²) in [5, 5.41) is 15.9. The van der Waals surface area contributed by atoms with E-state index in [9.17, 15) is 9.90 Å². The summed E-state index contributed by atoms with van der Waals surface area (Å²) in [7, 11) is 0. The van der Waals surface area contributed by atoms with Gasteiger partial charge in [0.05, 0.1) is 11.4 Å². The average Bonchev–Trinajstić information content (AvgIpc) is 2.88. The minimum absolute atomic E-state index is 0.179. The van der Waals surface area contributed by atoms with Crippen LogP contribution in [0.25, 0.3) is 16.5 Å². The molecular formula is C16H14N2O2S. The number of benzene rings is 2. The van der Waals surface area contributed by atoms with Crippen molar-refractivity contribution in [3.63, 3.8) is 0 Å². The molecule has 1 N–H and O–H groups in total. The Morgan fingerprint density at radius 2 is 1.86 bits per heavy atom. The van der Waals surface area contributed by atoms with Crippen LogP contribution in [0.3, 0.4) is 0 Å². The number of fused-ring (bicyclic) bond motifs is 1. The van der Waals surface area contributed by atoms with Crippen molar-refractivity contribution >= 4 is 28.5 Å². The van der Waals surface area contributed by atoms with E-state index in [-0.39, 0.29) is 5.69 Å². The molecule has 21 heavy (non-hydrogen) atoms. The lowest BCUT2D eigenvalue weighted by Crippen LogP contribution is -2.09. The van der Waals surface area contributed by atoms with E-state index in [1.54, 1.807) is 24.8 Å². The molecule has 3 aromatic rings. The number of aryl methyl sites for hydroxylation is 1. The first kappa shape index (κ1) is 13.7. The standard InChI is InChI=1S/C16H14N2O2S/c1-10-7-14(16(19)20)18(17-10)13-8-11-5-3-4-6-12(11)9-15(13)21-2/h3-9H,1-2H3,(H,19,20). The number of hydrogen-bond donors (Lipinski definition) is 1. The molecule has 0 aliphatic heterocycles. The summed E-state index contributed by atoms with van der Waals surface area (Å²) in [5.74, 6) is -0.976. The summed E-state index contributed by atoms with van der Waals surface area (Å²) in [6, 6.07) is 13.7. The molecule has 0 saturated carbocycles. The van der Waals surface area contributed by atoms with Crippen LogP contribution in [0.4, 0.5) is 0 Å². The lowest BCUT2D eigenvalue weighted by molar-refractivity contribution is 0.0687. The van der Waals surface area contributed by atoms with Gasteiger partial charge in [0.25, 0.3) is 0 Å². The molecule has 1 heterocycles. The highest BCUT2D eigenvalue weighted by atomic mass is 32.2. The lowest BCUT2D eigenvalue weighted by Gasteiger charge is -2.11. The second kappa shape index (κ2) is 5.26. The highest BCUT2D eigenvalue weighted by Gasteiger charge is 2.17. The molecule has 106 valence electrons. The normalized spacial score (nSPS) is 11.0. The van der Waals surface area contributed by atoms with Crippen molar-refractivity contribution in [2.45, 2.75) is 11.8 Å². The molecule has 5 heteroatoms. The summed E-state index contributed by atoms with van der Waals surface area (Å²) in [4.78, 5) is 12.4. The molecule has 0 bridgehead atoms. The molecule has 4 nitrogen and oxygen atoms in total. The largest absolute Gasteiger partial charge is 0.477 e. The maximum Gasteiger partial charge on any atom is 0.354 e. The first-order valence-corrected chi connectivity index (χ1v) is 7.70. The Balaban J connectivity index is 2.31. The Bertz CT molecular complexity index is 839. The van der Waals surface area contributed by atoms with Crippen LogP contribution in [-0.4, -0.2) is 27.1 Å². The zero-order chi connectivity index (χ0) is 15.0. The molecule has 0 unspecified atom stereocenters. The number of hydrogen-bond acceptors (Lipinski definition) is 3. The van der Waals surface area contributed by atoms with E-state index < -0.39 is 5.97 Å². The Morgan fingerprint density at radius 1 is 1.19 bits per heavy atom. The topological polar surface area (TPSA) is 55.1 Å². The van der Waals surface area contributed by atoms with Gasteiger partial charge in [-0.25, -0.2) is 9.48 Å². The van der Waals surface area contributed by atoms with Crippen molar-refractivity contribution in [1.82, 2.24) is 9.78 Å². The molecule has 0 atom stereocenters. The molecule has 0 spiro atoms. The maximum atomic E-state index is 11.4. The summed E-state index contributed by atoms with van der Waals surface area (Å²) in [5.41, 5.74) is 1.66. The Morgan fingerprint density at radius 3 is 2.48 bits per heavy atom. The first-order valence-electron chi connectivity index (χ1n) is 6.47. The van der Waals surface area contributed by atoms with Gasteiger partial charge in [-0.2, -0.15) is 5.10 Å². The molecule has 1 aromatic heterocycles. The average molecular weight is 298 g/mol. The van der Waals surface area contributed by atoms with Gasteiger partial charge in [-0.1, -0.05) is 24.3 Å². The smallest absolute Gasteiger partial charge is 0.354 e. The number of carboxylic acid groups (broad SMARTS) is 1. The van der Waals surface area contributed by atoms with Gasteiger partial charge in [0.2, 0.25) is 0 Å². The maximum absolute atomic E-state index is 11.4. The summed E-state index contributed by atoms with van der Waals surface area (Å²) in [6.45, 7) is 1.79. The molecular weight excluding hydrogens is 284 g/mol. The second-order valence-electron chi connectivity index (χ2n) is 4.76. The molecule has 2 aromatic carbocycles. The molecule has 0 aliphatic rings. The highest BCUT2D eigenvalue weighted by Crippen LogP contribution is 2.30. The van der Waals surface area contributed by atoms with Crippen molar-refractivity contribution in [3.05, 3.63) is 53.9 Å². The Kier molecular flexibility index (Phi) is 3.43. The predicted molar refractivity (Wildman–Crippen MR) is 84.5 cm³/mol. The number of rotatable bonds is 3. The minimum Gasteiger partial charge on any atom is -0.477 e. The SMILES string of the molecule is CSc1cc2ccccc2cc1-n1nc(C)cc1C(=O)O. The van der Waals surface area contributed by atoms with Gasteiger partial charge >= 0.3 is 5.97 Å². The summed E-state index contributed by atoms with van der Waals surface area (Å²) in [6.07, 6.45) is 1.98. The molecule has 0 amide bonds. The fraction of sp³-hybridized carbons (Fsp3) is 0.125. The summed E-state index contributed by atoms with van der Waals surface area (Å²) < 4.78 is 1.51. The number of nitrogens with zero attached hydrogens (tertiary/aromatic N) is 2. The van der Waals surface area contributed by atoms with E-state index in [0.29, 0.717) is 5.69 Å². The van der Waals surface area contributed by atoms with Gasteiger partial charge in [0.1, 0.15) is 0 Å². The Hall–Kier alpha value is -2.27. The van der Waals surface area contributed by atoms with Crippen molar-refractivity contribution in [2.24, 2.45) is 0 Å². The third-order valence-electron chi connectivity index (χ3n) is 3.33. The van der Waals surface area contributed by atoms with Crippen LogP contribution in [0.5, 0.6) is 0 Å². The predicted octanol–water partition coefficient (Wildman–Crippen LogP) is 3.75. The number of carboxylic acids is 1. The number of carbonyl (C=O) groups is 1. The van der Waals surface area contributed by atoms with Crippen molar-refractivity contribution < 1.29 is 9.90 Å². The third-order valence-corrected chi connectivity index (χ3v) is 4.09. The van der Waals surface area contributed by atoms with Gasteiger partial charge in [0, 0.05) is 4.90 Å². The van der Waals surface area contributed by atoms with E-state index in [1.807, 2.05) is 36.6 Å². The molecule has 3 rings (SSSR count).